The molecular formula is C17H28N4OS. The number of amides is 1. The van der Waals surface area contributed by atoms with Gasteiger partial charge < -0.3 is 10.6 Å². The number of aromatic nitrogens is 1. The molecular weight excluding hydrogens is 308 g/mol. The van der Waals surface area contributed by atoms with E-state index < -0.39 is 0 Å². The number of likely N-dealkylation sites (tertiary alicyclic amines) is 1. The molecule has 2 N–H and O–H groups in total. The summed E-state index contributed by atoms with van der Waals surface area (Å²) in [7, 11) is 2.09. The minimum atomic E-state index is 0.0351. The zero-order valence-corrected chi connectivity index (χ0v) is 15.3. The third-order valence-electron chi connectivity index (χ3n) is 5.42. The summed E-state index contributed by atoms with van der Waals surface area (Å²) in [4.78, 5) is 20.6. The molecule has 3 heterocycles. The lowest BCUT2D eigenvalue weighted by atomic mass is 9.77. The first-order chi connectivity index (χ1) is 11.0. The monoisotopic (exact) mass is 336 g/mol. The zero-order chi connectivity index (χ0) is 16.4. The number of hydrogen-bond donors (Lipinski definition) is 2. The van der Waals surface area contributed by atoms with Crippen LogP contribution < -0.4 is 10.6 Å². The van der Waals surface area contributed by atoms with Crippen LogP contribution in [0.25, 0.3) is 0 Å². The fourth-order valence-corrected chi connectivity index (χ4v) is 4.87. The van der Waals surface area contributed by atoms with Gasteiger partial charge in [0.15, 0.2) is 0 Å². The van der Waals surface area contributed by atoms with Crippen molar-refractivity contribution in [2.45, 2.75) is 45.6 Å². The van der Waals surface area contributed by atoms with Crippen LogP contribution >= 0.6 is 11.3 Å². The van der Waals surface area contributed by atoms with Crippen molar-refractivity contribution in [3.63, 3.8) is 0 Å². The highest BCUT2D eigenvalue weighted by atomic mass is 32.1. The van der Waals surface area contributed by atoms with Crippen molar-refractivity contribution >= 4 is 17.2 Å². The molecule has 1 aromatic heterocycles. The molecule has 2 aliphatic rings. The van der Waals surface area contributed by atoms with Gasteiger partial charge in [-0.05, 0) is 58.7 Å². The number of nitrogens with zero attached hydrogens (tertiary/aromatic N) is 2. The smallest absolute Gasteiger partial charge is 0.237 e. The van der Waals surface area contributed by atoms with Crippen molar-refractivity contribution in [1.29, 1.82) is 0 Å². The van der Waals surface area contributed by atoms with E-state index in [1.807, 2.05) is 6.92 Å². The Morgan fingerprint density at radius 2 is 2.17 bits per heavy atom. The van der Waals surface area contributed by atoms with E-state index in [1.165, 1.54) is 17.7 Å². The Morgan fingerprint density at radius 1 is 1.43 bits per heavy atom. The Labute approximate surface area is 142 Å². The van der Waals surface area contributed by atoms with Crippen LogP contribution in [0.15, 0.2) is 0 Å². The molecule has 1 spiro atoms. The van der Waals surface area contributed by atoms with E-state index in [0.29, 0.717) is 12.0 Å². The van der Waals surface area contributed by atoms with Crippen LogP contribution in [0.3, 0.4) is 0 Å². The highest BCUT2D eigenvalue weighted by Crippen LogP contribution is 2.41. The molecule has 0 radical (unpaired) electrons. The number of nitrogens with one attached hydrogen (secondary N) is 2. The number of carbonyl (C=O) groups is 1. The lowest BCUT2D eigenvalue weighted by Crippen LogP contribution is -2.42. The summed E-state index contributed by atoms with van der Waals surface area (Å²) in [6.45, 7) is 8.05. The first-order valence-corrected chi connectivity index (χ1v) is 9.42. The topological polar surface area (TPSA) is 57.3 Å². The zero-order valence-electron chi connectivity index (χ0n) is 14.4. The molecule has 0 aromatic carbocycles. The summed E-state index contributed by atoms with van der Waals surface area (Å²) >= 11 is 1.74. The second kappa shape index (κ2) is 6.87. The van der Waals surface area contributed by atoms with Gasteiger partial charge in [-0.1, -0.05) is 0 Å². The average Bonchev–Trinajstić information content (AvgIpc) is 3.00. The van der Waals surface area contributed by atoms with Gasteiger partial charge in [0.1, 0.15) is 0 Å². The predicted octanol–water partition coefficient (Wildman–Crippen LogP) is 1.49. The molecule has 1 atom stereocenters. The van der Waals surface area contributed by atoms with Gasteiger partial charge in [0.05, 0.1) is 16.7 Å². The SMILES string of the molecule is Cc1nc(CCNC(=O)C2CC3(CCNCC3)CN2C)sc1C. The molecule has 2 saturated heterocycles. The van der Waals surface area contributed by atoms with Gasteiger partial charge in [-0.2, -0.15) is 0 Å². The standard InChI is InChI=1S/C17H28N4OS/c1-12-13(2)23-15(20-12)4-7-19-16(22)14-10-17(11-21(14)3)5-8-18-9-6-17/h14,18H,4-11H2,1-3H3,(H,19,22). The third kappa shape index (κ3) is 3.75. The molecule has 6 heteroatoms. The van der Waals surface area contributed by atoms with Gasteiger partial charge in [0.25, 0.3) is 0 Å². The first kappa shape index (κ1) is 16.9. The Hall–Kier alpha value is -0.980. The molecule has 128 valence electrons. The van der Waals surface area contributed by atoms with E-state index in [4.69, 9.17) is 0 Å². The number of hydrogen-bond acceptors (Lipinski definition) is 5. The molecule has 0 saturated carbocycles. The molecule has 0 bridgehead atoms. The third-order valence-corrected chi connectivity index (χ3v) is 6.55. The van der Waals surface area contributed by atoms with Gasteiger partial charge in [0, 0.05) is 24.4 Å². The van der Waals surface area contributed by atoms with E-state index >= 15 is 0 Å². The van der Waals surface area contributed by atoms with Crippen molar-refractivity contribution in [3.05, 3.63) is 15.6 Å². The van der Waals surface area contributed by atoms with Gasteiger partial charge >= 0.3 is 0 Å². The van der Waals surface area contributed by atoms with Crippen LogP contribution in [0, 0.1) is 19.3 Å². The maximum atomic E-state index is 12.6. The van der Waals surface area contributed by atoms with E-state index in [2.05, 4.69) is 34.5 Å². The normalized spacial score (nSPS) is 24.2. The molecule has 2 aliphatic heterocycles. The highest BCUT2D eigenvalue weighted by Gasteiger charge is 2.45. The van der Waals surface area contributed by atoms with Crippen molar-refractivity contribution in [3.8, 4) is 0 Å². The van der Waals surface area contributed by atoms with Crippen LogP contribution in [0.4, 0.5) is 0 Å². The van der Waals surface area contributed by atoms with E-state index in [-0.39, 0.29) is 11.9 Å². The minimum Gasteiger partial charge on any atom is -0.354 e. The van der Waals surface area contributed by atoms with Crippen LogP contribution in [0.5, 0.6) is 0 Å². The van der Waals surface area contributed by atoms with E-state index in [1.54, 1.807) is 11.3 Å². The number of likely N-dealkylation sites (N-methyl/N-ethyl adjacent to an activating group) is 1. The van der Waals surface area contributed by atoms with Gasteiger partial charge in [-0.15, -0.1) is 11.3 Å². The Balaban J connectivity index is 1.50. The van der Waals surface area contributed by atoms with Crippen LogP contribution in [-0.2, 0) is 11.2 Å². The van der Waals surface area contributed by atoms with Gasteiger partial charge in [-0.3, -0.25) is 9.69 Å². The molecule has 23 heavy (non-hydrogen) atoms. The van der Waals surface area contributed by atoms with Crippen molar-refractivity contribution in [1.82, 2.24) is 20.5 Å². The maximum absolute atomic E-state index is 12.6. The Kier molecular flexibility index (Phi) is 5.04. The van der Waals surface area contributed by atoms with Crippen LogP contribution in [0.1, 0.15) is 34.8 Å². The lowest BCUT2D eigenvalue weighted by molar-refractivity contribution is -0.125. The van der Waals surface area contributed by atoms with Crippen molar-refractivity contribution in [2.24, 2.45) is 5.41 Å². The minimum absolute atomic E-state index is 0.0351. The summed E-state index contributed by atoms with van der Waals surface area (Å²) in [6.07, 6.45) is 4.22. The molecule has 1 aromatic rings. The molecule has 2 fully saturated rings. The number of aryl methyl sites for hydroxylation is 2. The number of thiazole rings is 1. The van der Waals surface area contributed by atoms with E-state index in [9.17, 15) is 4.79 Å². The largest absolute Gasteiger partial charge is 0.354 e. The second-order valence-electron chi connectivity index (χ2n) is 7.18. The summed E-state index contributed by atoms with van der Waals surface area (Å²) in [6, 6.07) is 0.0351. The summed E-state index contributed by atoms with van der Waals surface area (Å²) < 4.78 is 0. The van der Waals surface area contributed by atoms with E-state index in [0.717, 1.165) is 43.2 Å². The maximum Gasteiger partial charge on any atom is 0.237 e. The number of rotatable bonds is 4. The van der Waals surface area contributed by atoms with Gasteiger partial charge in [0.2, 0.25) is 5.91 Å². The molecule has 1 unspecified atom stereocenters. The molecule has 5 nitrogen and oxygen atoms in total. The average molecular weight is 337 g/mol. The van der Waals surface area contributed by atoms with Crippen molar-refractivity contribution < 1.29 is 4.79 Å². The Bertz CT molecular complexity index is 545. The summed E-state index contributed by atoms with van der Waals surface area (Å²) in [5.41, 5.74) is 1.46. The van der Waals surface area contributed by atoms with Gasteiger partial charge in [-0.25, -0.2) is 4.98 Å². The fraction of sp³-hybridized carbons (Fsp3) is 0.765. The summed E-state index contributed by atoms with van der Waals surface area (Å²) in [5.74, 6) is 0.188. The fourth-order valence-electron chi connectivity index (χ4n) is 3.94. The predicted molar refractivity (Wildman–Crippen MR) is 93.9 cm³/mol. The lowest BCUT2D eigenvalue weighted by Gasteiger charge is -2.33. The summed E-state index contributed by atoms with van der Waals surface area (Å²) in [5, 5.41) is 7.67. The second-order valence-corrected chi connectivity index (χ2v) is 8.46. The molecule has 0 aliphatic carbocycles. The van der Waals surface area contributed by atoms with Crippen molar-refractivity contribution in [2.75, 3.05) is 33.2 Å². The highest BCUT2D eigenvalue weighted by molar-refractivity contribution is 7.11. The van der Waals surface area contributed by atoms with Crippen LogP contribution in [0.2, 0.25) is 0 Å². The number of carbonyl (C=O) groups excluding carboxylic acids is 1. The quantitative estimate of drug-likeness (QED) is 0.875. The van der Waals surface area contributed by atoms with Crippen LogP contribution in [-0.4, -0.2) is 55.1 Å². The Morgan fingerprint density at radius 3 is 2.83 bits per heavy atom. The number of piperidine rings is 1. The first-order valence-electron chi connectivity index (χ1n) is 8.61. The molecule has 3 rings (SSSR count). The molecule has 1 amide bonds.